The Morgan fingerprint density at radius 3 is 2.90 bits per heavy atom. The number of anilines is 2. The van der Waals surface area contributed by atoms with Crippen molar-refractivity contribution in [3.05, 3.63) is 53.5 Å². The van der Waals surface area contributed by atoms with Crippen LogP contribution in [0.1, 0.15) is 12.6 Å². The number of fused-ring (bicyclic) bond motifs is 1. The Morgan fingerprint density at radius 1 is 1.28 bits per heavy atom. The molecule has 0 bridgehead atoms. The average molecular weight is 409 g/mol. The highest BCUT2D eigenvalue weighted by molar-refractivity contribution is 7.13. The zero-order valence-electron chi connectivity index (χ0n) is 15.7. The summed E-state index contributed by atoms with van der Waals surface area (Å²) in [4.78, 5) is 28.4. The molecule has 0 spiro atoms. The highest BCUT2D eigenvalue weighted by Gasteiger charge is 2.17. The van der Waals surface area contributed by atoms with Gasteiger partial charge in [-0.15, -0.1) is 11.3 Å². The van der Waals surface area contributed by atoms with E-state index in [1.54, 1.807) is 18.2 Å². The number of nitrogens with one attached hydrogen (secondary N) is 2. The van der Waals surface area contributed by atoms with Crippen LogP contribution in [0.3, 0.4) is 0 Å². The lowest BCUT2D eigenvalue weighted by Gasteiger charge is -2.18. The Balaban J connectivity index is 1.39. The number of amides is 2. The molecule has 0 fully saturated rings. The van der Waals surface area contributed by atoms with Crippen LogP contribution in [0, 0.1) is 0 Å². The molecular weight excluding hydrogens is 390 g/mol. The quantitative estimate of drug-likeness (QED) is 0.648. The fourth-order valence-corrected chi connectivity index (χ4v) is 3.74. The molecule has 2 amide bonds. The van der Waals surface area contributed by atoms with Crippen molar-refractivity contribution >= 4 is 34.5 Å². The van der Waals surface area contributed by atoms with E-state index < -0.39 is 0 Å². The second kappa shape index (κ2) is 8.32. The summed E-state index contributed by atoms with van der Waals surface area (Å²) in [7, 11) is 0. The molecule has 0 radical (unpaired) electrons. The van der Waals surface area contributed by atoms with Crippen LogP contribution in [0.25, 0.3) is 10.6 Å². The lowest BCUT2D eigenvalue weighted by atomic mass is 10.2. The van der Waals surface area contributed by atoms with E-state index in [0.717, 1.165) is 16.3 Å². The van der Waals surface area contributed by atoms with Crippen LogP contribution in [0.4, 0.5) is 11.4 Å². The summed E-state index contributed by atoms with van der Waals surface area (Å²) in [6, 6.07) is 12.9. The molecule has 0 atom stereocenters. The second-order valence-electron chi connectivity index (χ2n) is 6.37. The number of hydrogen-bond acceptors (Lipinski definition) is 6. The Morgan fingerprint density at radius 2 is 2.10 bits per heavy atom. The van der Waals surface area contributed by atoms with E-state index >= 15 is 0 Å². The van der Waals surface area contributed by atoms with Gasteiger partial charge in [-0.3, -0.25) is 9.59 Å². The third-order valence-corrected chi connectivity index (χ3v) is 5.14. The third-order valence-electron chi connectivity index (χ3n) is 4.20. The average Bonchev–Trinajstić information content (AvgIpc) is 3.16. The Labute approximate surface area is 171 Å². The number of hydrogen-bond donors (Lipinski definition) is 2. The van der Waals surface area contributed by atoms with Crippen LogP contribution >= 0.6 is 11.3 Å². The highest BCUT2D eigenvalue weighted by Crippen LogP contribution is 2.30. The molecule has 0 saturated carbocycles. The lowest BCUT2D eigenvalue weighted by Crippen LogP contribution is -2.25. The molecule has 1 aliphatic rings. The molecule has 29 heavy (non-hydrogen) atoms. The van der Waals surface area contributed by atoms with E-state index in [0.29, 0.717) is 29.4 Å². The number of rotatable bonds is 6. The van der Waals surface area contributed by atoms with E-state index in [4.69, 9.17) is 9.47 Å². The van der Waals surface area contributed by atoms with E-state index in [2.05, 4.69) is 15.6 Å². The highest BCUT2D eigenvalue weighted by atomic mass is 32.1. The predicted octanol–water partition coefficient (Wildman–Crippen LogP) is 3.72. The number of thiazole rings is 1. The Bertz CT molecular complexity index is 1050. The summed E-state index contributed by atoms with van der Waals surface area (Å²) in [5, 5.41) is 8.28. The van der Waals surface area contributed by atoms with Gasteiger partial charge in [-0.25, -0.2) is 4.98 Å². The fourth-order valence-electron chi connectivity index (χ4n) is 2.91. The molecule has 0 saturated heterocycles. The monoisotopic (exact) mass is 409 g/mol. The topological polar surface area (TPSA) is 89.5 Å². The van der Waals surface area contributed by atoms with Gasteiger partial charge in [-0.05, 0) is 49.4 Å². The van der Waals surface area contributed by atoms with Gasteiger partial charge in [0.1, 0.15) is 16.5 Å². The summed E-state index contributed by atoms with van der Waals surface area (Å²) in [6.07, 6.45) is 0.160. The largest absolute Gasteiger partial charge is 0.494 e. The zero-order chi connectivity index (χ0) is 20.2. The first-order valence-electron chi connectivity index (χ1n) is 9.15. The molecular formula is C21H19N3O4S. The molecule has 1 aliphatic heterocycles. The van der Waals surface area contributed by atoms with Crippen molar-refractivity contribution in [3.63, 3.8) is 0 Å². The van der Waals surface area contributed by atoms with E-state index in [-0.39, 0.29) is 24.8 Å². The maximum Gasteiger partial charge on any atom is 0.262 e. The maximum absolute atomic E-state index is 12.4. The first kappa shape index (κ1) is 18.9. The van der Waals surface area contributed by atoms with Gasteiger partial charge < -0.3 is 20.1 Å². The van der Waals surface area contributed by atoms with Crippen LogP contribution in [0.15, 0.2) is 47.8 Å². The predicted molar refractivity (Wildman–Crippen MR) is 112 cm³/mol. The maximum atomic E-state index is 12.4. The minimum absolute atomic E-state index is 0.000774. The van der Waals surface area contributed by atoms with Gasteiger partial charge in [-0.1, -0.05) is 0 Å². The molecule has 2 heterocycles. The summed E-state index contributed by atoms with van der Waals surface area (Å²) >= 11 is 1.49. The molecule has 0 aliphatic carbocycles. The Hall–Kier alpha value is -3.39. The first-order chi connectivity index (χ1) is 14.1. The molecule has 8 heteroatoms. The summed E-state index contributed by atoms with van der Waals surface area (Å²) in [5.41, 5.74) is 2.81. The van der Waals surface area contributed by atoms with Gasteiger partial charge in [0.25, 0.3) is 5.91 Å². The molecule has 2 aromatic carbocycles. The van der Waals surface area contributed by atoms with Crippen molar-refractivity contribution < 1.29 is 19.1 Å². The SMILES string of the molecule is CCOc1ccc(-c2nc(CC(=O)Nc3ccc4c(c3)NC(=O)CO4)cs2)cc1. The number of carbonyl (C=O) groups is 2. The van der Waals surface area contributed by atoms with Gasteiger partial charge in [-0.2, -0.15) is 0 Å². The standard InChI is InChI=1S/C21H19N3O4S/c1-2-27-16-6-3-13(4-7-16)21-23-15(12-29-21)10-19(25)22-14-5-8-18-17(9-14)24-20(26)11-28-18/h3-9,12H,2,10-11H2,1H3,(H,22,25)(H,24,26). The van der Waals surface area contributed by atoms with Crippen molar-refractivity contribution in [1.82, 2.24) is 4.98 Å². The minimum atomic E-state index is -0.217. The third kappa shape index (κ3) is 4.55. The summed E-state index contributed by atoms with van der Waals surface area (Å²) in [6.45, 7) is 2.57. The van der Waals surface area contributed by atoms with E-state index in [1.165, 1.54) is 11.3 Å². The van der Waals surface area contributed by atoms with Crippen molar-refractivity contribution in [2.75, 3.05) is 23.8 Å². The molecule has 7 nitrogen and oxygen atoms in total. The normalized spacial score (nSPS) is 12.5. The number of nitrogens with zero attached hydrogens (tertiary/aromatic N) is 1. The second-order valence-corrected chi connectivity index (χ2v) is 7.23. The van der Waals surface area contributed by atoms with Crippen molar-refractivity contribution in [1.29, 1.82) is 0 Å². The first-order valence-corrected chi connectivity index (χ1v) is 10.0. The van der Waals surface area contributed by atoms with Crippen molar-refractivity contribution in [3.8, 4) is 22.1 Å². The fraction of sp³-hybridized carbons (Fsp3) is 0.190. The number of benzene rings is 2. The molecule has 3 aromatic rings. The van der Waals surface area contributed by atoms with Crippen molar-refractivity contribution in [2.45, 2.75) is 13.3 Å². The smallest absolute Gasteiger partial charge is 0.262 e. The van der Waals surface area contributed by atoms with Gasteiger partial charge in [0.2, 0.25) is 5.91 Å². The van der Waals surface area contributed by atoms with Crippen LogP contribution in [-0.2, 0) is 16.0 Å². The van der Waals surface area contributed by atoms with E-state index in [9.17, 15) is 9.59 Å². The van der Waals surface area contributed by atoms with Gasteiger partial charge in [0.05, 0.1) is 24.4 Å². The molecule has 2 N–H and O–H groups in total. The molecule has 0 unspecified atom stereocenters. The molecule has 4 rings (SSSR count). The van der Waals surface area contributed by atoms with Crippen LogP contribution < -0.4 is 20.1 Å². The summed E-state index contributed by atoms with van der Waals surface area (Å²) in [5.74, 6) is 1.00. The van der Waals surface area contributed by atoms with Crippen molar-refractivity contribution in [2.24, 2.45) is 0 Å². The Kier molecular flexibility index (Phi) is 5.44. The van der Waals surface area contributed by atoms with Crippen LogP contribution in [0.2, 0.25) is 0 Å². The zero-order valence-corrected chi connectivity index (χ0v) is 16.5. The van der Waals surface area contributed by atoms with Crippen LogP contribution in [-0.4, -0.2) is 30.0 Å². The molecule has 148 valence electrons. The van der Waals surface area contributed by atoms with Gasteiger partial charge in [0.15, 0.2) is 6.61 Å². The van der Waals surface area contributed by atoms with E-state index in [1.807, 2.05) is 36.6 Å². The minimum Gasteiger partial charge on any atom is -0.494 e. The lowest BCUT2D eigenvalue weighted by molar-refractivity contribution is -0.118. The number of carbonyl (C=O) groups excluding carboxylic acids is 2. The molecule has 1 aromatic heterocycles. The van der Waals surface area contributed by atoms with Crippen LogP contribution in [0.5, 0.6) is 11.5 Å². The number of ether oxygens (including phenoxy) is 2. The van der Waals surface area contributed by atoms with Gasteiger partial charge >= 0.3 is 0 Å². The summed E-state index contributed by atoms with van der Waals surface area (Å²) < 4.78 is 10.8. The number of aromatic nitrogens is 1. The van der Waals surface area contributed by atoms with Gasteiger partial charge in [0, 0.05) is 16.6 Å².